The minimum atomic E-state index is -0.545. The van der Waals surface area contributed by atoms with E-state index < -0.39 is 11.8 Å². The molecular formula is C23H21ClN2O4S. The first kappa shape index (κ1) is 22.5. The number of carbonyl (C=O) groups is 2. The van der Waals surface area contributed by atoms with Crippen molar-refractivity contribution in [2.45, 2.75) is 13.5 Å². The van der Waals surface area contributed by atoms with Gasteiger partial charge < -0.3 is 9.47 Å². The van der Waals surface area contributed by atoms with E-state index in [-0.39, 0.29) is 17.2 Å². The monoisotopic (exact) mass is 456 g/mol. The van der Waals surface area contributed by atoms with E-state index in [1.54, 1.807) is 36.4 Å². The lowest BCUT2D eigenvalue weighted by molar-refractivity contribution is -0.128. The van der Waals surface area contributed by atoms with Crippen LogP contribution in [-0.2, 0) is 16.2 Å². The molecule has 1 heterocycles. The lowest BCUT2D eigenvalue weighted by Gasteiger charge is -2.27. The first-order valence-corrected chi connectivity index (χ1v) is 10.4. The molecule has 1 N–H and O–H groups in total. The maximum absolute atomic E-state index is 12.7. The fourth-order valence-corrected chi connectivity index (χ4v) is 3.28. The topological polar surface area (TPSA) is 67.9 Å². The molecule has 0 aliphatic carbocycles. The first-order valence-electron chi connectivity index (χ1n) is 9.56. The largest absolute Gasteiger partial charge is 0.490 e. The minimum absolute atomic E-state index is 0.0206. The van der Waals surface area contributed by atoms with Crippen LogP contribution in [0, 0.1) is 0 Å². The number of benzene rings is 2. The summed E-state index contributed by atoms with van der Waals surface area (Å²) in [7, 11) is 0. The van der Waals surface area contributed by atoms with Gasteiger partial charge in [-0.2, -0.15) is 0 Å². The van der Waals surface area contributed by atoms with Gasteiger partial charge in [-0.25, -0.2) is 0 Å². The fraction of sp³-hybridized carbons (Fsp3) is 0.174. The van der Waals surface area contributed by atoms with E-state index in [1.165, 1.54) is 11.0 Å². The molecule has 2 aromatic rings. The third kappa shape index (κ3) is 5.51. The molecule has 3 rings (SSSR count). The number of ether oxygens (including phenoxy) is 2. The molecule has 6 nitrogen and oxygen atoms in total. The lowest BCUT2D eigenvalue weighted by atomic mass is 10.1. The third-order valence-corrected chi connectivity index (χ3v) is 4.96. The van der Waals surface area contributed by atoms with E-state index >= 15 is 0 Å². The standard InChI is InChI=1S/C23H21ClN2O4S/c1-3-11-26-22(28)18(21(27)25-23(26)31)12-16-7-10-19(20(13-16)29-4-2)30-14-15-5-8-17(24)9-6-15/h3,5-10,12-13H,1,4,11,14H2,2H3,(H,25,27,31)/b18-12+. The van der Waals surface area contributed by atoms with Gasteiger partial charge in [0.2, 0.25) is 0 Å². The van der Waals surface area contributed by atoms with E-state index in [2.05, 4.69) is 11.9 Å². The van der Waals surface area contributed by atoms with Gasteiger partial charge in [-0.05, 0) is 60.6 Å². The van der Waals surface area contributed by atoms with E-state index in [4.69, 9.17) is 33.3 Å². The summed E-state index contributed by atoms with van der Waals surface area (Å²) in [6.07, 6.45) is 3.04. The molecule has 1 aliphatic heterocycles. The second-order valence-electron chi connectivity index (χ2n) is 6.58. The smallest absolute Gasteiger partial charge is 0.265 e. The summed E-state index contributed by atoms with van der Waals surface area (Å²) in [5, 5.41) is 3.24. The zero-order valence-corrected chi connectivity index (χ0v) is 18.5. The van der Waals surface area contributed by atoms with Crippen molar-refractivity contribution in [2.24, 2.45) is 0 Å². The van der Waals surface area contributed by atoms with Gasteiger partial charge in [0.15, 0.2) is 16.6 Å². The maximum atomic E-state index is 12.7. The number of hydrogen-bond donors (Lipinski definition) is 1. The van der Waals surface area contributed by atoms with Crippen molar-refractivity contribution in [3.8, 4) is 11.5 Å². The summed E-state index contributed by atoms with van der Waals surface area (Å²) >= 11 is 11.0. The second-order valence-corrected chi connectivity index (χ2v) is 7.40. The SMILES string of the molecule is C=CCN1C(=O)/C(=C/c2ccc(OCc3ccc(Cl)cc3)c(OCC)c2)C(=O)NC1=S. The molecule has 2 amide bonds. The molecule has 0 unspecified atom stereocenters. The van der Waals surface area contributed by atoms with Crippen LogP contribution in [0.2, 0.25) is 5.02 Å². The van der Waals surface area contributed by atoms with E-state index in [0.29, 0.717) is 35.3 Å². The molecule has 0 saturated carbocycles. The molecule has 0 atom stereocenters. The molecule has 0 bridgehead atoms. The Balaban J connectivity index is 1.84. The lowest BCUT2D eigenvalue weighted by Crippen LogP contribution is -2.53. The van der Waals surface area contributed by atoms with Crippen LogP contribution in [-0.4, -0.2) is 35.0 Å². The molecule has 31 heavy (non-hydrogen) atoms. The Bertz CT molecular complexity index is 1050. The maximum Gasteiger partial charge on any atom is 0.265 e. The van der Waals surface area contributed by atoms with Gasteiger partial charge in [0, 0.05) is 11.6 Å². The van der Waals surface area contributed by atoms with E-state index in [1.807, 2.05) is 19.1 Å². The fourth-order valence-electron chi connectivity index (χ4n) is 2.90. The summed E-state index contributed by atoms with van der Waals surface area (Å²) in [5.41, 5.74) is 1.56. The highest BCUT2D eigenvalue weighted by Gasteiger charge is 2.32. The predicted octanol–water partition coefficient (Wildman–Crippen LogP) is 4.13. The van der Waals surface area contributed by atoms with Crippen LogP contribution >= 0.6 is 23.8 Å². The predicted molar refractivity (Wildman–Crippen MR) is 124 cm³/mol. The van der Waals surface area contributed by atoms with Gasteiger partial charge in [-0.15, -0.1) is 6.58 Å². The van der Waals surface area contributed by atoms with Crippen molar-refractivity contribution in [2.75, 3.05) is 13.2 Å². The zero-order valence-electron chi connectivity index (χ0n) is 16.9. The van der Waals surface area contributed by atoms with Crippen LogP contribution in [0.4, 0.5) is 0 Å². The van der Waals surface area contributed by atoms with Crippen LogP contribution in [0.15, 0.2) is 60.7 Å². The van der Waals surface area contributed by atoms with Crippen LogP contribution in [0.1, 0.15) is 18.1 Å². The Morgan fingerprint density at radius 2 is 1.87 bits per heavy atom. The average molecular weight is 457 g/mol. The molecule has 8 heteroatoms. The zero-order chi connectivity index (χ0) is 22.4. The van der Waals surface area contributed by atoms with Gasteiger partial charge in [0.1, 0.15) is 12.2 Å². The number of amides is 2. The molecule has 1 fully saturated rings. The van der Waals surface area contributed by atoms with Crippen LogP contribution in [0.5, 0.6) is 11.5 Å². The molecule has 2 aromatic carbocycles. The van der Waals surface area contributed by atoms with E-state index in [0.717, 1.165) is 5.56 Å². The summed E-state index contributed by atoms with van der Waals surface area (Å²) in [6, 6.07) is 12.6. The number of halogens is 1. The van der Waals surface area contributed by atoms with Crippen molar-refractivity contribution in [1.82, 2.24) is 10.2 Å². The highest BCUT2D eigenvalue weighted by atomic mass is 35.5. The van der Waals surface area contributed by atoms with Gasteiger partial charge >= 0.3 is 0 Å². The molecule has 0 spiro atoms. The van der Waals surface area contributed by atoms with Gasteiger partial charge in [-0.3, -0.25) is 19.8 Å². The van der Waals surface area contributed by atoms with Gasteiger partial charge in [0.05, 0.1) is 6.61 Å². The number of rotatable bonds is 8. The van der Waals surface area contributed by atoms with Crippen LogP contribution < -0.4 is 14.8 Å². The van der Waals surface area contributed by atoms with Crippen molar-refractivity contribution < 1.29 is 19.1 Å². The average Bonchev–Trinajstić information content (AvgIpc) is 2.75. The molecule has 0 aromatic heterocycles. The highest BCUT2D eigenvalue weighted by Crippen LogP contribution is 2.30. The Morgan fingerprint density at radius 3 is 2.55 bits per heavy atom. The summed E-state index contributed by atoms with van der Waals surface area (Å²) in [5.74, 6) is 0.0341. The normalized spacial score (nSPS) is 15.1. The van der Waals surface area contributed by atoms with Gasteiger partial charge in [-0.1, -0.05) is 35.9 Å². The Morgan fingerprint density at radius 1 is 1.13 bits per heavy atom. The quantitative estimate of drug-likeness (QED) is 0.280. The highest BCUT2D eigenvalue weighted by molar-refractivity contribution is 7.80. The number of hydrogen-bond acceptors (Lipinski definition) is 5. The Kier molecular flexibility index (Phi) is 7.44. The number of thiocarbonyl (C=S) groups is 1. The number of nitrogens with zero attached hydrogens (tertiary/aromatic N) is 1. The summed E-state index contributed by atoms with van der Waals surface area (Å²) in [6.45, 7) is 6.45. The van der Waals surface area contributed by atoms with E-state index in [9.17, 15) is 9.59 Å². The second kappa shape index (κ2) is 10.2. The van der Waals surface area contributed by atoms with Gasteiger partial charge in [0.25, 0.3) is 11.8 Å². The summed E-state index contributed by atoms with van der Waals surface area (Å²) < 4.78 is 11.6. The number of carbonyl (C=O) groups excluding carboxylic acids is 2. The molecular weight excluding hydrogens is 436 g/mol. The molecule has 1 saturated heterocycles. The Labute approximate surface area is 191 Å². The third-order valence-electron chi connectivity index (χ3n) is 4.38. The van der Waals surface area contributed by atoms with Crippen molar-refractivity contribution in [1.29, 1.82) is 0 Å². The van der Waals surface area contributed by atoms with Crippen molar-refractivity contribution in [3.05, 3.63) is 76.8 Å². The minimum Gasteiger partial charge on any atom is -0.490 e. The molecule has 0 radical (unpaired) electrons. The first-order chi connectivity index (χ1) is 14.9. The van der Waals surface area contributed by atoms with Crippen molar-refractivity contribution >= 4 is 46.8 Å². The molecule has 1 aliphatic rings. The summed E-state index contributed by atoms with van der Waals surface area (Å²) in [4.78, 5) is 26.3. The van der Waals surface area contributed by atoms with Crippen LogP contribution in [0.3, 0.4) is 0 Å². The Hall–Kier alpha value is -3.16. The molecule has 160 valence electrons. The van der Waals surface area contributed by atoms with Crippen molar-refractivity contribution in [3.63, 3.8) is 0 Å². The number of nitrogens with one attached hydrogen (secondary N) is 1. The van der Waals surface area contributed by atoms with Crippen LogP contribution in [0.25, 0.3) is 6.08 Å².